The molecule has 0 bridgehead atoms. The molecule has 25 heavy (non-hydrogen) atoms. The highest BCUT2D eigenvalue weighted by Crippen LogP contribution is 2.32. The highest BCUT2D eigenvalue weighted by Gasteiger charge is 2.34. The summed E-state index contributed by atoms with van der Waals surface area (Å²) in [5.74, 6) is -0.611. The highest BCUT2D eigenvalue weighted by molar-refractivity contribution is 6.05. The fourth-order valence-electron chi connectivity index (χ4n) is 3.42. The summed E-state index contributed by atoms with van der Waals surface area (Å²) in [6.07, 6.45) is 3.87. The van der Waals surface area contributed by atoms with E-state index in [-0.39, 0.29) is 36.8 Å². The van der Waals surface area contributed by atoms with E-state index in [1.54, 1.807) is 24.7 Å². The summed E-state index contributed by atoms with van der Waals surface area (Å²) in [5, 5.41) is 2.22. The van der Waals surface area contributed by atoms with Gasteiger partial charge in [-0.1, -0.05) is 0 Å². The zero-order valence-electron chi connectivity index (χ0n) is 13.5. The van der Waals surface area contributed by atoms with E-state index in [0.29, 0.717) is 0 Å². The topological polar surface area (TPSA) is 71.1 Å². The molecule has 0 aromatic heterocycles. The number of nitrogens with zero attached hydrogens (tertiary/aromatic N) is 2. The van der Waals surface area contributed by atoms with Gasteiger partial charge in [0.05, 0.1) is 11.6 Å². The molecule has 0 aliphatic carbocycles. The van der Waals surface area contributed by atoms with Crippen LogP contribution in [0.3, 0.4) is 0 Å². The van der Waals surface area contributed by atoms with Crippen LogP contribution in [0.2, 0.25) is 0 Å². The molecule has 2 fully saturated rings. The van der Waals surface area contributed by atoms with Crippen LogP contribution in [0, 0.1) is 11.7 Å². The molecule has 8 heteroatoms. The molecule has 1 aromatic carbocycles. The van der Waals surface area contributed by atoms with Crippen LogP contribution in [-0.2, 0) is 14.3 Å². The predicted molar refractivity (Wildman–Crippen MR) is 87.3 cm³/mol. The molecule has 2 saturated heterocycles. The smallest absolute Gasteiger partial charge is 0.328 e. The fraction of sp³-hybridized carbons (Fsp3) is 0.412. The van der Waals surface area contributed by atoms with Gasteiger partial charge in [-0.2, -0.15) is 0 Å². The van der Waals surface area contributed by atoms with Crippen molar-refractivity contribution >= 4 is 23.3 Å². The van der Waals surface area contributed by atoms with Crippen molar-refractivity contribution in [2.24, 2.45) is 5.92 Å². The van der Waals surface area contributed by atoms with Crippen LogP contribution < -0.4 is 15.1 Å². The van der Waals surface area contributed by atoms with Gasteiger partial charge in [-0.3, -0.25) is 15.0 Å². The van der Waals surface area contributed by atoms with Crippen LogP contribution in [0.25, 0.3) is 0 Å². The minimum Gasteiger partial charge on any atom is -0.459 e. The molecule has 4 rings (SSSR count). The first-order valence-corrected chi connectivity index (χ1v) is 8.23. The number of nitrogens with one attached hydrogen (secondary N) is 1. The molecule has 1 aromatic rings. The van der Waals surface area contributed by atoms with Crippen LogP contribution in [0.4, 0.5) is 20.6 Å². The maximum absolute atomic E-state index is 14.3. The second-order valence-corrected chi connectivity index (χ2v) is 6.30. The van der Waals surface area contributed by atoms with Gasteiger partial charge in [0.25, 0.3) is 0 Å². The summed E-state index contributed by atoms with van der Waals surface area (Å²) in [6.45, 7) is 1.69. The zero-order chi connectivity index (χ0) is 17.4. The van der Waals surface area contributed by atoms with E-state index in [9.17, 15) is 14.0 Å². The van der Waals surface area contributed by atoms with Gasteiger partial charge in [0.1, 0.15) is 18.3 Å². The average molecular weight is 347 g/mol. The summed E-state index contributed by atoms with van der Waals surface area (Å²) in [5.41, 5.74) is 1.01. The first kappa shape index (κ1) is 15.7. The number of imide groups is 1. The first-order chi connectivity index (χ1) is 12.1. The molecule has 1 unspecified atom stereocenters. The average Bonchev–Trinajstić information content (AvgIpc) is 3.27. The number of urea groups is 1. The highest BCUT2D eigenvalue weighted by atomic mass is 19.1. The second kappa shape index (κ2) is 6.27. The number of carbonyl (C=O) groups is 2. The Morgan fingerprint density at radius 3 is 2.72 bits per heavy atom. The summed E-state index contributed by atoms with van der Waals surface area (Å²) in [6, 6.07) is 4.11. The normalized spacial score (nSPS) is 23.6. The van der Waals surface area contributed by atoms with Crippen LogP contribution in [0.15, 0.2) is 30.7 Å². The quantitative estimate of drug-likeness (QED) is 0.905. The Kier molecular flexibility index (Phi) is 3.95. The molecule has 0 saturated carbocycles. The van der Waals surface area contributed by atoms with Crippen LogP contribution >= 0.6 is 0 Å². The lowest BCUT2D eigenvalue weighted by Crippen LogP contribution is -2.49. The Morgan fingerprint density at radius 2 is 1.96 bits per heavy atom. The van der Waals surface area contributed by atoms with Crippen molar-refractivity contribution in [2.45, 2.75) is 19.1 Å². The minimum atomic E-state index is -0.592. The van der Waals surface area contributed by atoms with Gasteiger partial charge in [0.15, 0.2) is 0 Å². The molecular formula is C17H18FN3O4. The lowest BCUT2D eigenvalue weighted by molar-refractivity contribution is -0.120. The predicted octanol–water partition coefficient (Wildman–Crippen LogP) is 1.94. The largest absolute Gasteiger partial charge is 0.459 e. The molecule has 0 radical (unpaired) electrons. The number of benzene rings is 1. The SMILES string of the molecule is O=C1CCN(c2cc(N3CCC(C4OC=CO4)C3)ccc2F)C(=O)N1. The number of anilines is 2. The van der Waals surface area contributed by atoms with Crippen LogP contribution in [0.1, 0.15) is 12.8 Å². The Morgan fingerprint density at radius 1 is 1.16 bits per heavy atom. The number of hydrogen-bond donors (Lipinski definition) is 1. The Hall–Kier alpha value is -2.77. The third-order valence-corrected chi connectivity index (χ3v) is 4.73. The van der Waals surface area contributed by atoms with E-state index in [1.807, 2.05) is 0 Å². The number of carbonyl (C=O) groups excluding carboxylic acids is 2. The number of amides is 3. The lowest BCUT2D eigenvalue weighted by atomic mass is 10.1. The third-order valence-electron chi connectivity index (χ3n) is 4.73. The van der Waals surface area contributed by atoms with E-state index in [2.05, 4.69) is 10.2 Å². The number of ether oxygens (including phenoxy) is 2. The number of halogens is 1. The summed E-state index contributed by atoms with van der Waals surface area (Å²) in [4.78, 5) is 26.7. The van der Waals surface area contributed by atoms with Crippen molar-refractivity contribution < 1.29 is 23.5 Å². The molecular weight excluding hydrogens is 329 g/mol. The van der Waals surface area contributed by atoms with Crippen molar-refractivity contribution in [2.75, 3.05) is 29.4 Å². The van der Waals surface area contributed by atoms with Gasteiger partial charge in [0.2, 0.25) is 12.2 Å². The molecule has 3 aliphatic rings. The Labute approximate surface area is 144 Å². The van der Waals surface area contributed by atoms with E-state index in [4.69, 9.17) is 9.47 Å². The number of rotatable bonds is 3. The van der Waals surface area contributed by atoms with Gasteiger partial charge < -0.3 is 14.4 Å². The van der Waals surface area contributed by atoms with Gasteiger partial charge in [-0.25, -0.2) is 9.18 Å². The second-order valence-electron chi connectivity index (χ2n) is 6.30. The van der Waals surface area contributed by atoms with E-state index < -0.39 is 11.8 Å². The van der Waals surface area contributed by atoms with Crippen molar-refractivity contribution in [3.8, 4) is 0 Å². The maximum atomic E-state index is 14.3. The van der Waals surface area contributed by atoms with Gasteiger partial charge in [0, 0.05) is 31.7 Å². The lowest BCUT2D eigenvalue weighted by Gasteiger charge is -2.28. The van der Waals surface area contributed by atoms with Crippen LogP contribution in [0.5, 0.6) is 0 Å². The molecule has 3 amide bonds. The third kappa shape index (κ3) is 2.99. The number of hydrogen-bond acceptors (Lipinski definition) is 5. The Balaban J connectivity index is 1.52. The molecule has 7 nitrogen and oxygen atoms in total. The van der Waals surface area contributed by atoms with Gasteiger partial charge in [-0.05, 0) is 24.6 Å². The molecule has 1 atom stereocenters. The maximum Gasteiger partial charge on any atom is 0.328 e. The summed E-state index contributed by atoms with van der Waals surface area (Å²) < 4.78 is 25.1. The molecule has 0 spiro atoms. The minimum absolute atomic E-state index is 0.157. The monoisotopic (exact) mass is 347 g/mol. The van der Waals surface area contributed by atoms with Gasteiger partial charge >= 0.3 is 6.03 Å². The Bertz CT molecular complexity index is 731. The van der Waals surface area contributed by atoms with Crippen molar-refractivity contribution in [1.29, 1.82) is 0 Å². The van der Waals surface area contributed by atoms with E-state index >= 15 is 0 Å². The van der Waals surface area contributed by atoms with E-state index in [1.165, 1.54) is 11.0 Å². The first-order valence-electron chi connectivity index (χ1n) is 8.23. The standard InChI is InChI=1S/C17H18FN3O4/c18-13-2-1-12(9-14(13)21-6-4-15(22)19-17(21)23)20-5-3-11(10-20)16-24-7-8-25-16/h1-2,7-9,11,16H,3-6,10H2,(H,19,22,23). The fourth-order valence-corrected chi connectivity index (χ4v) is 3.42. The summed E-state index contributed by atoms with van der Waals surface area (Å²) in [7, 11) is 0. The van der Waals surface area contributed by atoms with Crippen molar-refractivity contribution in [3.63, 3.8) is 0 Å². The molecule has 132 valence electrons. The van der Waals surface area contributed by atoms with Crippen LogP contribution in [-0.4, -0.2) is 37.9 Å². The van der Waals surface area contributed by atoms with Crippen molar-refractivity contribution in [3.05, 3.63) is 36.5 Å². The molecule has 3 aliphatic heterocycles. The van der Waals surface area contributed by atoms with Gasteiger partial charge in [-0.15, -0.1) is 0 Å². The zero-order valence-corrected chi connectivity index (χ0v) is 13.5. The molecule has 3 heterocycles. The van der Waals surface area contributed by atoms with Crippen molar-refractivity contribution in [1.82, 2.24) is 5.32 Å². The summed E-state index contributed by atoms with van der Waals surface area (Å²) >= 11 is 0. The molecule has 1 N–H and O–H groups in total. The van der Waals surface area contributed by atoms with E-state index in [0.717, 1.165) is 25.2 Å².